The Kier molecular flexibility index (Phi) is 5.92. The van der Waals surface area contributed by atoms with Crippen molar-refractivity contribution in [1.29, 1.82) is 0 Å². The van der Waals surface area contributed by atoms with Crippen LogP contribution in [0.2, 0.25) is 4.34 Å². The molecule has 1 fully saturated rings. The van der Waals surface area contributed by atoms with Gasteiger partial charge in [0.1, 0.15) is 5.54 Å². The van der Waals surface area contributed by atoms with Gasteiger partial charge in [-0.3, -0.25) is 9.59 Å². The van der Waals surface area contributed by atoms with Crippen LogP contribution >= 0.6 is 22.9 Å². The van der Waals surface area contributed by atoms with Gasteiger partial charge < -0.3 is 20.3 Å². The molecule has 1 saturated heterocycles. The normalized spacial score (nSPS) is 22.0. The van der Waals surface area contributed by atoms with Crippen LogP contribution in [0.15, 0.2) is 30.3 Å². The van der Waals surface area contributed by atoms with Crippen molar-refractivity contribution in [3.05, 3.63) is 50.7 Å². The van der Waals surface area contributed by atoms with E-state index in [4.69, 9.17) is 16.3 Å². The Morgan fingerprint density at radius 3 is 2.66 bits per heavy atom. The van der Waals surface area contributed by atoms with Gasteiger partial charge in [0.2, 0.25) is 0 Å². The maximum atomic E-state index is 13.2. The average molecular weight is 434 g/mol. The van der Waals surface area contributed by atoms with Gasteiger partial charge in [-0.15, -0.1) is 11.3 Å². The highest BCUT2D eigenvalue weighted by Gasteiger charge is 2.44. The zero-order chi connectivity index (χ0) is 20.4. The summed E-state index contributed by atoms with van der Waals surface area (Å²) in [5.41, 5.74) is 2.26. The van der Waals surface area contributed by atoms with Crippen LogP contribution in [-0.4, -0.2) is 55.6 Å². The third-order valence-electron chi connectivity index (χ3n) is 5.60. The van der Waals surface area contributed by atoms with Crippen molar-refractivity contribution in [2.75, 3.05) is 38.7 Å². The largest absolute Gasteiger partial charge is 0.378 e. The number of rotatable bonds is 4. The van der Waals surface area contributed by atoms with Crippen molar-refractivity contribution in [2.24, 2.45) is 0 Å². The van der Waals surface area contributed by atoms with Crippen molar-refractivity contribution in [3.8, 4) is 0 Å². The molecule has 2 aliphatic rings. The molecule has 29 heavy (non-hydrogen) atoms. The molecule has 0 bridgehead atoms. The Morgan fingerprint density at radius 2 is 1.97 bits per heavy atom. The molecule has 0 radical (unpaired) electrons. The summed E-state index contributed by atoms with van der Waals surface area (Å²) in [5, 5.41) is 5.89. The van der Waals surface area contributed by atoms with Crippen molar-refractivity contribution in [1.82, 2.24) is 10.2 Å². The second-order valence-electron chi connectivity index (χ2n) is 7.68. The van der Waals surface area contributed by atoms with E-state index in [2.05, 4.69) is 34.7 Å². The Bertz CT molecular complexity index is 924. The summed E-state index contributed by atoms with van der Waals surface area (Å²) in [6, 6.07) is 9.41. The highest BCUT2D eigenvalue weighted by molar-refractivity contribution is 7.18. The van der Waals surface area contributed by atoms with Crippen LogP contribution in [-0.2, 0) is 22.4 Å². The SMILES string of the molecule is CN1CCc2ccc(NC(=O)[C@]3(NC(=O)c4ccc(Cl)s4)CCOC3)cc2CC1. The summed E-state index contributed by atoms with van der Waals surface area (Å²) in [5.74, 6) is -0.566. The highest BCUT2D eigenvalue weighted by Crippen LogP contribution is 2.26. The fourth-order valence-corrected chi connectivity index (χ4v) is 4.72. The van der Waals surface area contributed by atoms with Gasteiger partial charge >= 0.3 is 0 Å². The first kappa shape index (κ1) is 20.3. The lowest BCUT2D eigenvalue weighted by Gasteiger charge is -2.27. The monoisotopic (exact) mass is 433 g/mol. The van der Waals surface area contributed by atoms with Crippen molar-refractivity contribution in [3.63, 3.8) is 0 Å². The van der Waals surface area contributed by atoms with Gasteiger partial charge in [0.05, 0.1) is 15.8 Å². The summed E-state index contributed by atoms with van der Waals surface area (Å²) in [6.07, 6.45) is 2.40. The molecule has 6 nitrogen and oxygen atoms in total. The number of carbonyl (C=O) groups is 2. The van der Waals surface area contributed by atoms with E-state index >= 15 is 0 Å². The predicted octanol–water partition coefficient (Wildman–Crippen LogP) is 2.96. The first-order valence-electron chi connectivity index (χ1n) is 9.73. The number of halogens is 1. The zero-order valence-electron chi connectivity index (χ0n) is 16.3. The number of ether oxygens (including phenoxy) is 1. The first-order valence-corrected chi connectivity index (χ1v) is 10.9. The summed E-state index contributed by atoms with van der Waals surface area (Å²) in [7, 11) is 2.13. The third-order valence-corrected chi connectivity index (χ3v) is 6.83. The van der Waals surface area contributed by atoms with E-state index in [1.807, 2.05) is 6.07 Å². The first-order chi connectivity index (χ1) is 13.9. The topological polar surface area (TPSA) is 70.7 Å². The van der Waals surface area contributed by atoms with Gasteiger partial charge in [-0.1, -0.05) is 17.7 Å². The van der Waals surface area contributed by atoms with Crippen LogP contribution in [0.1, 0.15) is 27.2 Å². The lowest BCUT2D eigenvalue weighted by Crippen LogP contribution is -2.57. The van der Waals surface area contributed by atoms with E-state index in [9.17, 15) is 9.59 Å². The molecule has 154 valence electrons. The molecular weight excluding hydrogens is 410 g/mol. The van der Waals surface area contributed by atoms with Crippen molar-refractivity contribution >= 4 is 40.4 Å². The summed E-state index contributed by atoms with van der Waals surface area (Å²) in [6.45, 7) is 2.62. The number of fused-ring (bicyclic) bond motifs is 1. The number of likely N-dealkylation sites (N-methyl/N-ethyl adjacent to an activating group) is 1. The standard InChI is InChI=1S/C21H24ClN3O3S/c1-25-9-6-14-2-3-16(12-15(14)7-10-25)23-20(27)21(8-11-28-13-21)24-19(26)17-4-5-18(22)29-17/h2-5,12H,6-11,13H2,1H3,(H,23,27)(H,24,26)/t21-/m0/s1. The van der Waals surface area contributed by atoms with Crippen LogP contribution in [0.4, 0.5) is 5.69 Å². The van der Waals surface area contributed by atoms with E-state index in [0.717, 1.165) is 31.6 Å². The van der Waals surface area contributed by atoms with Gasteiger partial charge in [-0.05, 0) is 55.3 Å². The molecule has 0 aliphatic carbocycles. The van der Waals surface area contributed by atoms with E-state index in [0.29, 0.717) is 22.2 Å². The minimum Gasteiger partial charge on any atom is -0.378 e. The molecule has 1 atom stereocenters. The molecule has 0 saturated carbocycles. The minimum absolute atomic E-state index is 0.152. The van der Waals surface area contributed by atoms with Crippen LogP contribution in [0.3, 0.4) is 0 Å². The molecule has 1 aromatic carbocycles. The number of carbonyl (C=O) groups excluding carboxylic acids is 2. The third kappa shape index (κ3) is 4.48. The summed E-state index contributed by atoms with van der Waals surface area (Å²) >= 11 is 7.12. The molecule has 4 rings (SSSR count). The molecule has 2 aromatic rings. The summed E-state index contributed by atoms with van der Waals surface area (Å²) < 4.78 is 6.01. The van der Waals surface area contributed by atoms with Crippen LogP contribution in [0.25, 0.3) is 0 Å². The number of amides is 2. The second kappa shape index (κ2) is 8.44. The lowest BCUT2D eigenvalue weighted by molar-refractivity contribution is -0.122. The van der Waals surface area contributed by atoms with Crippen LogP contribution < -0.4 is 10.6 Å². The van der Waals surface area contributed by atoms with E-state index in [1.165, 1.54) is 22.5 Å². The van der Waals surface area contributed by atoms with E-state index in [-0.39, 0.29) is 18.4 Å². The summed E-state index contributed by atoms with van der Waals surface area (Å²) in [4.78, 5) is 28.6. The zero-order valence-corrected chi connectivity index (χ0v) is 17.9. The number of thiophene rings is 1. The fraction of sp³-hybridized carbons (Fsp3) is 0.429. The smallest absolute Gasteiger partial charge is 0.262 e. The van der Waals surface area contributed by atoms with Crippen LogP contribution in [0, 0.1) is 0 Å². The number of nitrogens with zero attached hydrogens (tertiary/aromatic N) is 1. The van der Waals surface area contributed by atoms with Crippen molar-refractivity contribution in [2.45, 2.75) is 24.8 Å². The van der Waals surface area contributed by atoms with E-state index < -0.39 is 5.54 Å². The van der Waals surface area contributed by atoms with E-state index in [1.54, 1.807) is 12.1 Å². The van der Waals surface area contributed by atoms with Gasteiger partial charge in [0, 0.05) is 31.8 Å². The molecule has 0 spiro atoms. The minimum atomic E-state index is -1.08. The molecule has 2 N–H and O–H groups in total. The molecule has 1 aromatic heterocycles. The Hall–Kier alpha value is -1.93. The molecule has 0 unspecified atom stereocenters. The van der Waals surface area contributed by atoms with Gasteiger partial charge in [-0.2, -0.15) is 0 Å². The maximum absolute atomic E-state index is 13.2. The second-order valence-corrected chi connectivity index (χ2v) is 9.40. The lowest BCUT2D eigenvalue weighted by atomic mass is 9.96. The molecule has 3 heterocycles. The average Bonchev–Trinajstić information content (AvgIpc) is 3.31. The number of hydrogen-bond donors (Lipinski definition) is 2. The maximum Gasteiger partial charge on any atom is 0.262 e. The number of hydrogen-bond acceptors (Lipinski definition) is 5. The Balaban J connectivity index is 1.50. The molecular formula is C21H24ClN3O3S. The fourth-order valence-electron chi connectivity index (χ4n) is 3.78. The predicted molar refractivity (Wildman–Crippen MR) is 115 cm³/mol. The van der Waals surface area contributed by atoms with Gasteiger partial charge in [-0.25, -0.2) is 0 Å². The number of anilines is 1. The Labute approximate surface area is 179 Å². The quantitative estimate of drug-likeness (QED) is 0.777. The Morgan fingerprint density at radius 1 is 1.17 bits per heavy atom. The number of nitrogens with one attached hydrogen (secondary N) is 2. The van der Waals surface area contributed by atoms with Gasteiger partial charge in [0.15, 0.2) is 0 Å². The number of benzene rings is 1. The molecule has 2 aliphatic heterocycles. The van der Waals surface area contributed by atoms with Crippen LogP contribution in [0.5, 0.6) is 0 Å². The molecule has 2 amide bonds. The van der Waals surface area contributed by atoms with Gasteiger partial charge in [0.25, 0.3) is 11.8 Å². The molecule has 8 heteroatoms. The van der Waals surface area contributed by atoms with Crippen molar-refractivity contribution < 1.29 is 14.3 Å². The highest BCUT2D eigenvalue weighted by atomic mass is 35.5.